The van der Waals surface area contributed by atoms with Gasteiger partial charge < -0.3 is 0 Å². The van der Waals surface area contributed by atoms with E-state index in [1.807, 2.05) is 11.8 Å². The fourth-order valence-corrected chi connectivity index (χ4v) is 2.04. The van der Waals surface area contributed by atoms with Gasteiger partial charge in [-0.25, -0.2) is 0 Å². The normalized spacial score (nSPS) is 14.8. The highest BCUT2D eigenvalue weighted by atomic mass is 32.2. The third kappa shape index (κ3) is 5.20. The Morgan fingerprint density at radius 2 is 2.08 bits per heavy atom. The van der Waals surface area contributed by atoms with Gasteiger partial charge in [0.2, 0.25) is 0 Å². The summed E-state index contributed by atoms with van der Waals surface area (Å²) in [6, 6.07) is 0. The van der Waals surface area contributed by atoms with E-state index in [1.54, 1.807) is 0 Å². The van der Waals surface area contributed by atoms with E-state index in [0.29, 0.717) is 11.3 Å². The average molecular weight is 198 g/mol. The zero-order valence-electron chi connectivity index (χ0n) is 9.55. The van der Waals surface area contributed by atoms with Crippen molar-refractivity contribution >= 4 is 11.8 Å². The van der Waals surface area contributed by atoms with Crippen LogP contribution in [0.5, 0.6) is 0 Å². The van der Waals surface area contributed by atoms with Crippen LogP contribution in [0.25, 0.3) is 0 Å². The molecule has 0 aliphatic carbocycles. The molecule has 0 saturated carbocycles. The topological polar surface area (TPSA) is 0 Å². The van der Waals surface area contributed by atoms with Crippen molar-refractivity contribution in [3.05, 3.63) is 23.6 Å². The van der Waals surface area contributed by atoms with Gasteiger partial charge >= 0.3 is 0 Å². The summed E-state index contributed by atoms with van der Waals surface area (Å²) in [5.74, 6) is 1.84. The minimum Gasteiger partial charge on any atom is -0.131 e. The second kappa shape index (κ2) is 5.54. The maximum Gasteiger partial charge on any atom is 0.00103 e. The summed E-state index contributed by atoms with van der Waals surface area (Å²) in [5, 5.41) is 0. The zero-order chi connectivity index (χ0) is 10.5. The van der Waals surface area contributed by atoms with Crippen LogP contribution in [0.15, 0.2) is 23.6 Å². The Hall–Kier alpha value is -0.170. The SMILES string of the molecule is C=C(C)SCC(C)C(C)(C)C=CC. The van der Waals surface area contributed by atoms with Crippen LogP contribution in [0.3, 0.4) is 0 Å². The van der Waals surface area contributed by atoms with Crippen molar-refractivity contribution < 1.29 is 0 Å². The Morgan fingerprint density at radius 3 is 2.46 bits per heavy atom. The largest absolute Gasteiger partial charge is 0.131 e. The van der Waals surface area contributed by atoms with Gasteiger partial charge in [0.15, 0.2) is 0 Å². The lowest BCUT2D eigenvalue weighted by molar-refractivity contribution is 0.339. The fourth-order valence-electron chi connectivity index (χ4n) is 1.08. The number of rotatable bonds is 5. The molecule has 0 aliphatic rings. The minimum atomic E-state index is 0.303. The first-order valence-electron chi connectivity index (χ1n) is 4.82. The maximum absolute atomic E-state index is 3.90. The van der Waals surface area contributed by atoms with Crippen LogP contribution >= 0.6 is 11.8 Å². The van der Waals surface area contributed by atoms with E-state index in [2.05, 4.69) is 53.3 Å². The third-order valence-corrected chi connectivity index (χ3v) is 3.61. The van der Waals surface area contributed by atoms with Crippen molar-refractivity contribution in [1.29, 1.82) is 0 Å². The molecule has 0 spiro atoms. The van der Waals surface area contributed by atoms with Crippen molar-refractivity contribution in [3.63, 3.8) is 0 Å². The highest BCUT2D eigenvalue weighted by Gasteiger charge is 2.22. The molecule has 0 aromatic rings. The Balaban J connectivity index is 4.08. The van der Waals surface area contributed by atoms with Crippen molar-refractivity contribution in [3.8, 4) is 0 Å². The molecule has 0 N–H and O–H groups in total. The molecule has 1 atom stereocenters. The molecule has 0 saturated heterocycles. The van der Waals surface area contributed by atoms with Gasteiger partial charge in [0.1, 0.15) is 0 Å². The van der Waals surface area contributed by atoms with Crippen LogP contribution in [0.1, 0.15) is 34.6 Å². The van der Waals surface area contributed by atoms with Crippen molar-refractivity contribution in [1.82, 2.24) is 0 Å². The summed E-state index contributed by atoms with van der Waals surface area (Å²) in [6.45, 7) is 14.9. The molecule has 1 unspecified atom stereocenters. The predicted molar refractivity (Wildman–Crippen MR) is 65.0 cm³/mol. The van der Waals surface area contributed by atoms with E-state index < -0.39 is 0 Å². The molecule has 0 aromatic carbocycles. The molecular weight excluding hydrogens is 176 g/mol. The van der Waals surface area contributed by atoms with Gasteiger partial charge in [-0.05, 0) is 30.1 Å². The minimum absolute atomic E-state index is 0.303. The summed E-state index contributed by atoms with van der Waals surface area (Å²) < 4.78 is 0. The first-order valence-corrected chi connectivity index (χ1v) is 5.81. The monoisotopic (exact) mass is 198 g/mol. The Labute approximate surface area is 87.5 Å². The Morgan fingerprint density at radius 1 is 1.54 bits per heavy atom. The van der Waals surface area contributed by atoms with Crippen molar-refractivity contribution in [2.24, 2.45) is 11.3 Å². The smallest absolute Gasteiger partial charge is 0.00103 e. The van der Waals surface area contributed by atoms with E-state index in [1.165, 1.54) is 4.91 Å². The molecule has 76 valence electrons. The van der Waals surface area contributed by atoms with Crippen LogP contribution in [0.2, 0.25) is 0 Å². The molecule has 0 bridgehead atoms. The molecule has 0 rings (SSSR count). The molecule has 0 fully saturated rings. The quantitative estimate of drug-likeness (QED) is 0.586. The van der Waals surface area contributed by atoms with E-state index in [9.17, 15) is 0 Å². The lowest BCUT2D eigenvalue weighted by Gasteiger charge is -2.28. The molecular formula is C12H22S. The van der Waals surface area contributed by atoms with Gasteiger partial charge in [0, 0.05) is 5.75 Å². The van der Waals surface area contributed by atoms with E-state index >= 15 is 0 Å². The maximum atomic E-state index is 3.90. The fraction of sp³-hybridized carbons (Fsp3) is 0.667. The first-order chi connectivity index (χ1) is 5.90. The summed E-state index contributed by atoms with van der Waals surface area (Å²) >= 11 is 1.86. The second-order valence-corrected chi connectivity index (χ2v) is 5.55. The second-order valence-electron chi connectivity index (χ2n) is 4.24. The molecule has 0 aliphatic heterocycles. The molecule has 0 heterocycles. The molecule has 0 radical (unpaired) electrons. The number of hydrogen-bond donors (Lipinski definition) is 0. The summed E-state index contributed by atoms with van der Waals surface area (Å²) in [7, 11) is 0. The highest BCUT2D eigenvalue weighted by molar-refractivity contribution is 8.03. The molecule has 1 heteroatoms. The summed E-state index contributed by atoms with van der Waals surface area (Å²) in [5.41, 5.74) is 0.303. The lowest BCUT2D eigenvalue weighted by atomic mass is 9.81. The molecule has 13 heavy (non-hydrogen) atoms. The van der Waals surface area contributed by atoms with Crippen LogP contribution in [-0.4, -0.2) is 5.75 Å². The van der Waals surface area contributed by atoms with Crippen molar-refractivity contribution in [2.75, 3.05) is 5.75 Å². The van der Waals surface area contributed by atoms with Gasteiger partial charge in [-0.15, -0.1) is 11.8 Å². The standard InChI is InChI=1S/C12H22S/c1-7-8-12(5,6)11(4)9-13-10(2)3/h7-8,11H,2,9H2,1,3-6H3. The summed E-state index contributed by atoms with van der Waals surface area (Å²) in [6.07, 6.45) is 4.43. The first kappa shape index (κ1) is 12.8. The average Bonchev–Trinajstić information content (AvgIpc) is 1.99. The number of thioether (sulfide) groups is 1. The lowest BCUT2D eigenvalue weighted by Crippen LogP contribution is -2.20. The Kier molecular flexibility index (Phi) is 5.46. The van der Waals surface area contributed by atoms with Crippen LogP contribution in [0, 0.1) is 11.3 Å². The van der Waals surface area contributed by atoms with Crippen LogP contribution in [-0.2, 0) is 0 Å². The van der Waals surface area contributed by atoms with E-state index in [-0.39, 0.29) is 0 Å². The van der Waals surface area contributed by atoms with Crippen molar-refractivity contribution in [2.45, 2.75) is 34.6 Å². The van der Waals surface area contributed by atoms with E-state index in [0.717, 1.165) is 5.75 Å². The molecule has 0 amide bonds. The van der Waals surface area contributed by atoms with Gasteiger partial charge in [-0.3, -0.25) is 0 Å². The molecule has 0 nitrogen and oxygen atoms in total. The Bertz CT molecular complexity index is 189. The zero-order valence-corrected chi connectivity index (χ0v) is 10.4. The van der Waals surface area contributed by atoms with Gasteiger partial charge in [-0.2, -0.15) is 0 Å². The summed E-state index contributed by atoms with van der Waals surface area (Å²) in [4.78, 5) is 1.21. The van der Waals surface area contributed by atoms with Gasteiger partial charge in [0.05, 0.1) is 0 Å². The van der Waals surface area contributed by atoms with Gasteiger partial charge in [-0.1, -0.05) is 39.5 Å². The van der Waals surface area contributed by atoms with Crippen LogP contribution in [0.4, 0.5) is 0 Å². The van der Waals surface area contributed by atoms with Crippen LogP contribution < -0.4 is 0 Å². The number of hydrogen-bond acceptors (Lipinski definition) is 1. The van der Waals surface area contributed by atoms with Gasteiger partial charge in [0.25, 0.3) is 0 Å². The third-order valence-electron chi connectivity index (χ3n) is 2.45. The molecule has 0 aromatic heterocycles. The van der Waals surface area contributed by atoms with E-state index in [4.69, 9.17) is 0 Å². The highest BCUT2D eigenvalue weighted by Crippen LogP contribution is 2.32. The predicted octanol–water partition coefficient (Wildman–Crippen LogP) is 4.49. The number of allylic oxidation sites excluding steroid dienone is 3.